The van der Waals surface area contributed by atoms with Gasteiger partial charge in [-0.05, 0) is 45.8 Å². The van der Waals surface area contributed by atoms with Gasteiger partial charge >= 0.3 is 0 Å². The second-order valence-electron chi connectivity index (χ2n) is 4.44. The summed E-state index contributed by atoms with van der Waals surface area (Å²) in [5, 5.41) is 0. The number of hydrogen-bond donors (Lipinski definition) is 2. The average Bonchev–Trinajstić information content (AvgIpc) is 2.62. The highest BCUT2D eigenvalue weighted by atomic mass is 32.2. The Morgan fingerprint density at radius 2 is 2.19 bits per heavy atom. The number of nitrogens with zero attached hydrogens (tertiary/aromatic N) is 1. The molecule has 1 saturated heterocycles. The lowest BCUT2D eigenvalue weighted by Crippen LogP contribution is -2.39. The lowest BCUT2D eigenvalue weighted by atomic mass is 10.2. The van der Waals surface area contributed by atoms with E-state index < -0.39 is 10.0 Å². The van der Waals surface area contributed by atoms with E-state index in [2.05, 4.69) is 9.62 Å². The fraction of sp³-hybridized carbons (Fsp3) is 1.00. The standard InChI is InChI=1S/C10H23N3O2S/c1-13-7-4-5-10(13)9-12-16(14,15)8-3-2-6-11/h10,12H,2-9,11H2,1H3. The maximum Gasteiger partial charge on any atom is 0.211 e. The van der Waals surface area contributed by atoms with E-state index in [1.807, 2.05) is 7.05 Å². The van der Waals surface area contributed by atoms with Crippen molar-refractivity contribution in [2.45, 2.75) is 31.7 Å². The number of unbranched alkanes of at least 4 members (excludes halogenated alkanes) is 1. The first-order chi connectivity index (χ1) is 7.55. The first kappa shape index (κ1) is 13.9. The van der Waals surface area contributed by atoms with Gasteiger partial charge in [-0.2, -0.15) is 0 Å². The van der Waals surface area contributed by atoms with Gasteiger partial charge < -0.3 is 10.6 Å². The molecule has 3 N–H and O–H groups in total. The van der Waals surface area contributed by atoms with Crippen LogP contribution in [0.4, 0.5) is 0 Å². The molecule has 0 aliphatic carbocycles. The molecular weight excluding hydrogens is 226 g/mol. The van der Waals surface area contributed by atoms with Gasteiger partial charge in [0.25, 0.3) is 0 Å². The summed E-state index contributed by atoms with van der Waals surface area (Å²) in [6.07, 6.45) is 3.66. The molecule has 1 aliphatic heterocycles. The molecule has 0 bridgehead atoms. The van der Waals surface area contributed by atoms with Crippen molar-refractivity contribution in [2.75, 3.05) is 32.4 Å². The summed E-state index contributed by atoms with van der Waals surface area (Å²) in [7, 11) is -1.05. The fourth-order valence-corrected chi connectivity index (χ4v) is 3.14. The minimum absolute atomic E-state index is 0.195. The van der Waals surface area contributed by atoms with Gasteiger partial charge in [0.1, 0.15) is 0 Å². The minimum atomic E-state index is -3.10. The number of rotatable bonds is 7. The van der Waals surface area contributed by atoms with Gasteiger partial charge in [-0.3, -0.25) is 0 Å². The Labute approximate surface area is 98.4 Å². The molecule has 0 spiro atoms. The molecular formula is C10H23N3O2S. The molecule has 0 aromatic rings. The Bertz CT molecular complexity index is 292. The summed E-state index contributed by atoms with van der Waals surface area (Å²) in [4.78, 5) is 2.21. The van der Waals surface area contributed by atoms with E-state index in [9.17, 15) is 8.42 Å². The highest BCUT2D eigenvalue weighted by Crippen LogP contribution is 2.13. The van der Waals surface area contributed by atoms with Crippen molar-refractivity contribution in [3.63, 3.8) is 0 Å². The molecule has 96 valence electrons. The summed E-state index contributed by atoms with van der Waals surface area (Å²) < 4.78 is 25.9. The van der Waals surface area contributed by atoms with Crippen molar-refractivity contribution in [3.05, 3.63) is 0 Å². The Hall–Kier alpha value is -0.170. The molecule has 1 unspecified atom stereocenters. The first-order valence-electron chi connectivity index (χ1n) is 5.93. The zero-order chi connectivity index (χ0) is 12.0. The van der Waals surface area contributed by atoms with E-state index in [1.165, 1.54) is 0 Å². The molecule has 1 heterocycles. The van der Waals surface area contributed by atoms with E-state index in [4.69, 9.17) is 5.73 Å². The van der Waals surface area contributed by atoms with Crippen LogP contribution in [0.5, 0.6) is 0 Å². The van der Waals surface area contributed by atoms with E-state index >= 15 is 0 Å². The monoisotopic (exact) mass is 249 g/mol. The maximum atomic E-state index is 11.6. The normalized spacial score (nSPS) is 22.8. The van der Waals surface area contributed by atoms with Crippen LogP contribution in [0.3, 0.4) is 0 Å². The van der Waals surface area contributed by atoms with Crippen molar-refractivity contribution in [1.29, 1.82) is 0 Å². The van der Waals surface area contributed by atoms with Crippen molar-refractivity contribution in [2.24, 2.45) is 5.73 Å². The van der Waals surface area contributed by atoms with Gasteiger partial charge in [-0.1, -0.05) is 0 Å². The lowest BCUT2D eigenvalue weighted by molar-refractivity contribution is 0.311. The van der Waals surface area contributed by atoms with Crippen LogP contribution in [-0.2, 0) is 10.0 Å². The first-order valence-corrected chi connectivity index (χ1v) is 7.58. The third-order valence-corrected chi connectivity index (χ3v) is 4.51. The molecule has 0 saturated carbocycles. The van der Waals surface area contributed by atoms with E-state index in [0.29, 0.717) is 25.6 Å². The Morgan fingerprint density at radius 3 is 2.75 bits per heavy atom. The third-order valence-electron chi connectivity index (χ3n) is 3.08. The van der Waals surface area contributed by atoms with E-state index in [1.54, 1.807) is 0 Å². The van der Waals surface area contributed by atoms with Crippen LogP contribution < -0.4 is 10.5 Å². The van der Waals surface area contributed by atoms with Gasteiger partial charge in [0.2, 0.25) is 10.0 Å². The molecule has 1 aliphatic rings. The van der Waals surface area contributed by atoms with Gasteiger partial charge in [-0.25, -0.2) is 13.1 Å². The van der Waals surface area contributed by atoms with Crippen LogP contribution in [0.25, 0.3) is 0 Å². The predicted molar refractivity (Wildman–Crippen MR) is 65.7 cm³/mol. The summed E-state index contributed by atoms with van der Waals surface area (Å²) >= 11 is 0. The van der Waals surface area contributed by atoms with Crippen LogP contribution in [0.1, 0.15) is 25.7 Å². The second-order valence-corrected chi connectivity index (χ2v) is 6.37. The number of likely N-dealkylation sites (tertiary alicyclic amines) is 1. The van der Waals surface area contributed by atoms with E-state index in [-0.39, 0.29) is 5.75 Å². The Kier molecular flexibility index (Phi) is 5.68. The SMILES string of the molecule is CN1CCCC1CNS(=O)(=O)CCCCN. The van der Waals surface area contributed by atoms with Crippen molar-refractivity contribution >= 4 is 10.0 Å². The number of likely N-dealkylation sites (N-methyl/N-ethyl adjacent to an activating group) is 1. The molecule has 16 heavy (non-hydrogen) atoms. The van der Waals surface area contributed by atoms with Crippen molar-refractivity contribution in [3.8, 4) is 0 Å². The van der Waals surface area contributed by atoms with Gasteiger partial charge in [-0.15, -0.1) is 0 Å². The van der Waals surface area contributed by atoms with Crippen LogP contribution in [-0.4, -0.2) is 51.8 Å². The zero-order valence-electron chi connectivity index (χ0n) is 9.98. The van der Waals surface area contributed by atoms with Crippen LogP contribution in [0.2, 0.25) is 0 Å². The van der Waals surface area contributed by atoms with E-state index in [0.717, 1.165) is 25.8 Å². The molecule has 0 aromatic carbocycles. The number of nitrogens with two attached hydrogens (primary N) is 1. The molecule has 5 nitrogen and oxygen atoms in total. The largest absolute Gasteiger partial charge is 0.330 e. The Morgan fingerprint density at radius 1 is 1.44 bits per heavy atom. The number of hydrogen-bond acceptors (Lipinski definition) is 4. The minimum Gasteiger partial charge on any atom is -0.330 e. The van der Waals surface area contributed by atoms with Crippen molar-refractivity contribution in [1.82, 2.24) is 9.62 Å². The topological polar surface area (TPSA) is 75.4 Å². The summed E-state index contributed by atoms with van der Waals surface area (Å²) in [6, 6.07) is 0.365. The van der Waals surface area contributed by atoms with Gasteiger partial charge in [0.05, 0.1) is 5.75 Å². The third kappa shape index (κ3) is 4.78. The fourth-order valence-electron chi connectivity index (χ4n) is 1.97. The van der Waals surface area contributed by atoms with Crippen LogP contribution >= 0.6 is 0 Å². The highest BCUT2D eigenvalue weighted by molar-refractivity contribution is 7.89. The Balaban J connectivity index is 2.24. The summed E-state index contributed by atoms with van der Waals surface area (Å²) in [6.45, 7) is 2.17. The molecule has 0 aromatic heterocycles. The van der Waals surface area contributed by atoms with Crippen LogP contribution in [0.15, 0.2) is 0 Å². The average molecular weight is 249 g/mol. The molecule has 1 atom stereocenters. The molecule has 0 radical (unpaired) electrons. The molecule has 0 amide bonds. The highest BCUT2D eigenvalue weighted by Gasteiger charge is 2.22. The molecule has 1 rings (SSSR count). The smallest absolute Gasteiger partial charge is 0.211 e. The van der Waals surface area contributed by atoms with Gasteiger partial charge in [0.15, 0.2) is 0 Å². The maximum absolute atomic E-state index is 11.6. The quantitative estimate of drug-likeness (QED) is 0.610. The predicted octanol–water partition coefficient (Wildman–Crippen LogP) is -0.261. The number of sulfonamides is 1. The zero-order valence-corrected chi connectivity index (χ0v) is 10.8. The molecule has 6 heteroatoms. The number of nitrogens with one attached hydrogen (secondary N) is 1. The second kappa shape index (κ2) is 6.54. The van der Waals surface area contributed by atoms with Gasteiger partial charge in [0, 0.05) is 12.6 Å². The molecule has 1 fully saturated rings. The summed E-state index contributed by atoms with van der Waals surface area (Å²) in [5.41, 5.74) is 5.33. The summed E-state index contributed by atoms with van der Waals surface area (Å²) in [5.74, 6) is 0.195. The lowest BCUT2D eigenvalue weighted by Gasteiger charge is -2.19. The van der Waals surface area contributed by atoms with Crippen molar-refractivity contribution < 1.29 is 8.42 Å². The van der Waals surface area contributed by atoms with Crippen LogP contribution in [0, 0.1) is 0 Å².